The second-order valence-corrected chi connectivity index (χ2v) is 9.75. The second kappa shape index (κ2) is 12.8. The fraction of sp³-hybridized carbons (Fsp3) is 0.556. The molecule has 4 rings (SSSR count). The highest BCUT2D eigenvalue weighted by Gasteiger charge is 2.36. The number of morpholine rings is 1. The van der Waals surface area contributed by atoms with Gasteiger partial charge in [0.2, 0.25) is 17.7 Å². The van der Waals surface area contributed by atoms with Crippen molar-refractivity contribution in [2.75, 3.05) is 46.5 Å². The van der Waals surface area contributed by atoms with Gasteiger partial charge in [-0.25, -0.2) is 0 Å². The normalized spacial score (nSPS) is 20.9. The topological polar surface area (TPSA) is 124 Å². The van der Waals surface area contributed by atoms with Crippen LogP contribution in [0.5, 0.6) is 5.75 Å². The minimum Gasteiger partial charge on any atom is -0.497 e. The highest BCUT2D eigenvalue weighted by atomic mass is 16.5. The maximum Gasteiger partial charge on any atom is 0.240 e. The van der Waals surface area contributed by atoms with Crippen LogP contribution in [0.2, 0.25) is 0 Å². The van der Waals surface area contributed by atoms with Gasteiger partial charge in [-0.05, 0) is 31.4 Å². The third-order valence-electron chi connectivity index (χ3n) is 7.17. The van der Waals surface area contributed by atoms with E-state index in [4.69, 9.17) is 14.9 Å². The van der Waals surface area contributed by atoms with Crippen molar-refractivity contribution < 1.29 is 23.9 Å². The van der Waals surface area contributed by atoms with Crippen molar-refractivity contribution in [2.45, 2.75) is 44.6 Å². The van der Waals surface area contributed by atoms with Crippen LogP contribution in [0.15, 0.2) is 30.3 Å². The van der Waals surface area contributed by atoms with Crippen molar-refractivity contribution in [1.29, 1.82) is 5.41 Å². The molecular weight excluding hydrogens is 474 g/mol. The van der Waals surface area contributed by atoms with Crippen LogP contribution in [-0.4, -0.2) is 85.9 Å². The Labute approximate surface area is 217 Å². The summed E-state index contributed by atoms with van der Waals surface area (Å²) in [6.45, 7) is 3.30. The van der Waals surface area contributed by atoms with Crippen molar-refractivity contribution in [3.63, 3.8) is 0 Å². The zero-order valence-electron chi connectivity index (χ0n) is 21.5. The Morgan fingerprint density at radius 2 is 1.92 bits per heavy atom. The maximum atomic E-state index is 13.6. The van der Waals surface area contributed by atoms with Crippen LogP contribution >= 0.6 is 0 Å². The second-order valence-electron chi connectivity index (χ2n) is 9.75. The fourth-order valence-electron chi connectivity index (χ4n) is 5.08. The number of nitrogens with zero attached hydrogens (tertiary/aromatic N) is 2. The predicted molar refractivity (Wildman–Crippen MR) is 139 cm³/mol. The summed E-state index contributed by atoms with van der Waals surface area (Å²) in [7, 11) is 1.57. The van der Waals surface area contributed by atoms with E-state index in [-0.39, 0.29) is 49.0 Å². The molecule has 200 valence electrons. The molecule has 1 atom stereocenters. The Kier molecular flexibility index (Phi) is 9.29. The zero-order chi connectivity index (χ0) is 26.2. The van der Waals surface area contributed by atoms with Crippen molar-refractivity contribution in [2.24, 2.45) is 5.92 Å². The predicted octanol–water partition coefficient (Wildman–Crippen LogP) is 1.76. The van der Waals surface area contributed by atoms with Crippen molar-refractivity contribution >= 4 is 29.3 Å². The average Bonchev–Trinajstić information content (AvgIpc) is 3.42. The number of methoxy groups -OCH3 is 1. The van der Waals surface area contributed by atoms with Crippen LogP contribution in [0, 0.1) is 11.3 Å². The molecule has 1 aliphatic carbocycles. The van der Waals surface area contributed by atoms with Crippen LogP contribution in [0.3, 0.4) is 0 Å². The third kappa shape index (κ3) is 7.17. The molecule has 2 fully saturated rings. The number of amidine groups is 1. The van der Waals surface area contributed by atoms with E-state index >= 15 is 0 Å². The lowest BCUT2D eigenvalue weighted by Gasteiger charge is -2.33. The molecule has 0 bridgehead atoms. The Morgan fingerprint density at radius 1 is 1.16 bits per heavy atom. The standard InChI is InChI=1S/C27H37N5O5/c1-36-21-8-4-5-19(17-21)23-10-9-22(26(28)30-24(33)11-12-31-13-15-37-16-14-31)27(35)32(23)18-25(34)29-20-6-2-3-7-20/h4-5,8,10,17,20,22H,2-3,6-7,9,11-16,18H2,1H3,(H,29,34)(H2,28,30,33). The van der Waals surface area contributed by atoms with Gasteiger partial charge in [-0.2, -0.15) is 0 Å². The van der Waals surface area contributed by atoms with Gasteiger partial charge in [0, 0.05) is 43.4 Å². The zero-order valence-corrected chi connectivity index (χ0v) is 21.5. The van der Waals surface area contributed by atoms with E-state index < -0.39 is 5.92 Å². The van der Waals surface area contributed by atoms with Crippen LogP contribution in [0.25, 0.3) is 5.70 Å². The Bertz CT molecular complexity index is 1030. The molecule has 2 heterocycles. The molecule has 3 amide bonds. The number of hydrogen-bond donors (Lipinski definition) is 3. The first kappa shape index (κ1) is 26.8. The molecule has 1 saturated heterocycles. The lowest BCUT2D eigenvalue weighted by atomic mass is 9.94. The molecule has 10 nitrogen and oxygen atoms in total. The summed E-state index contributed by atoms with van der Waals surface area (Å²) in [5, 5.41) is 14.1. The number of benzene rings is 1. The number of carbonyl (C=O) groups excluding carboxylic acids is 3. The summed E-state index contributed by atoms with van der Waals surface area (Å²) in [6, 6.07) is 7.47. The highest BCUT2D eigenvalue weighted by Crippen LogP contribution is 2.30. The molecule has 2 aliphatic heterocycles. The van der Waals surface area contributed by atoms with E-state index in [1.165, 1.54) is 4.90 Å². The third-order valence-corrected chi connectivity index (χ3v) is 7.17. The Hall–Kier alpha value is -3.24. The molecule has 0 spiro atoms. The van der Waals surface area contributed by atoms with E-state index in [1.54, 1.807) is 7.11 Å². The average molecular weight is 512 g/mol. The van der Waals surface area contributed by atoms with E-state index in [2.05, 4.69) is 15.5 Å². The van der Waals surface area contributed by atoms with Crippen LogP contribution in [-0.2, 0) is 19.1 Å². The SMILES string of the molecule is COc1cccc(C2=CCC(C(=N)NC(=O)CCN3CCOCC3)C(=O)N2CC(=O)NC2CCCC2)c1. The van der Waals surface area contributed by atoms with Gasteiger partial charge in [-0.1, -0.05) is 31.1 Å². The summed E-state index contributed by atoms with van der Waals surface area (Å²) >= 11 is 0. The first-order valence-corrected chi connectivity index (χ1v) is 13.1. The Balaban J connectivity index is 1.44. The van der Waals surface area contributed by atoms with Gasteiger partial charge in [0.05, 0.1) is 26.2 Å². The number of allylic oxidation sites excluding steroid dienone is 1. The molecule has 37 heavy (non-hydrogen) atoms. The van der Waals surface area contributed by atoms with E-state index in [0.717, 1.165) is 44.3 Å². The lowest BCUT2D eigenvalue weighted by Crippen LogP contribution is -2.50. The molecule has 3 N–H and O–H groups in total. The summed E-state index contributed by atoms with van der Waals surface area (Å²) in [5.74, 6) is -1.25. The fourth-order valence-corrected chi connectivity index (χ4v) is 5.08. The number of carbonyl (C=O) groups is 3. The van der Waals surface area contributed by atoms with Crippen molar-refractivity contribution in [3.8, 4) is 5.75 Å². The minimum atomic E-state index is -0.860. The maximum absolute atomic E-state index is 13.6. The quantitative estimate of drug-likeness (QED) is 0.343. The van der Waals surface area contributed by atoms with E-state index in [1.807, 2.05) is 30.3 Å². The van der Waals surface area contributed by atoms with Gasteiger partial charge in [0.1, 0.15) is 18.1 Å². The Morgan fingerprint density at radius 3 is 2.65 bits per heavy atom. The van der Waals surface area contributed by atoms with Gasteiger partial charge in [0.15, 0.2) is 0 Å². The molecule has 10 heteroatoms. The number of ether oxygens (including phenoxy) is 2. The summed E-state index contributed by atoms with van der Waals surface area (Å²) in [6.07, 6.45) is 6.43. The summed E-state index contributed by atoms with van der Waals surface area (Å²) < 4.78 is 10.7. The summed E-state index contributed by atoms with van der Waals surface area (Å²) in [5.41, 5.74) is 1.36. The number of nitrogens with one attached hydrogen (secondary N) is 3. The smallest absolute Gasteiger partial charge is 0.240 e. The lowest BCUT2D eigenvalue weighted by molar-refractivity contribution is -0.135. The van der Waals surface area contributed by atoms with Gasteiger partial charge >= 0.3 is 0 Å². The molecule has 0 radical (unpaired) electrons. The molecule has 1 unspecified atom stereocenters. The van der Waals surface area contributed by atoms with Crippen LogP contribution in [0.4, 0.5) is 0 Å². The molecule has 3 aliphatic rings. The van der Waals surface area contributed by atoms with Crippen LogP contribution < -0.4 is 15.4 Å². The van der Waals surface area contributed by atoms with E-state index in [0.29, 0.717) is 31.2 Å². The summed E-state index contributed by atoms with van der Waals surface area (Å²) in [4.78, 5) is 42.6. The van der Waals surface area contributed by atoms with Gasteiger partial charge in [0.25, 0.3) is 0 Å². The van der Waals surface area contributed by atoms with Crippen molar-refractivity contribution in [3.05, 3.63) is 35.9 Å². The molecule has 1 aromatic carbocycles. The first-order chi connectivity index (χ1) is 17.9. The first-order valence-electron chi connectivity index (χ1n) is 13.1. The number of hydrogen-bond acceptors (Lipinski definition) is 7. The van der Waals surface area contributed by atoms with Gasteiger partial charge in [-0.15, -0.1) is 0 Å². The largest absolute Gasteiger partial charge is 0.497 e. The monoisotopic (exact) mass is 511 g/mol. The number of rotatable bonds is 9. The van der Waals surface area contributed by atoms with Crippen molar-refractivity contribution in [1.82, 2.24) is 20.4 Å². The molecule has 1 saturated carbocycles. The number of amides is 3. The molecule has 0 aromatic heterocycles. The van der Waals surface area contributed by atoms with Gasteiger partial charge in [-0.3, -0.25) is 24.7 Å². The minimum absolute atomic E-state index is 0.136. The molecular formula is C27H37N5O5. The van der Waals surface area contributed by atoms with E-state index in [9.17, 15) is 14.4 Å². The van der Waals surface area contributed by atoms with Crippen LogP contribution in [0.1, 0.15) is 44.1 Å². The van der Waals surface area contributed by atoms with Gasteiger partial charge < -0.3 is 25.0 Å². The highest BCUT2D eigenvalue weighted by molar-refractivity contribution is 6.11. The molecule has 1 aromatic rings.